The summed E-state index contributed by atoms with van der Waals surface area (Å²) in [6, 6.07) is 17.8. The van der Waals surface area contributed by atoms with Crippen molar-refractivity contribution >= 4 is 0 Å². The molecule has 1 fully saturated rings. The second-order valence-corrected chi connectivity index (χ2v) is 5.55. The van der Waals surface area contributed by atoms with E-state index in [-0.39, 0.29) is 0 Å². The lowest BCUT2D eigenvalue weighted by molar-refractivity contribution is 0.134. The number of benzene rings is 2. The Hall–Kier alpha value is -1.60. The number of hydrogen-bond donors (Lipinski definition) is 0. The van der Waals surface area contributed by atoms with Gasteiger partial charge in [0.05, 0.1) is 6.61 Å². The molecule has 2 aliphatic rings. The average Bonchev–Trinajstić information content (AvgIpc) is 3.20. The first-order valence-electron chi connectivity index (χ1n) is 7.17. The van der Waals surface area contributed by atoms with Gasteiger partial charge in [0.2, 0.25) is 0 Å². The van der Waals surface area contributed by atoms with E-state index in [1.807, 2.05) is 0 Å². The highest BCUT2D eigenvalue weighted by molar-refractivity contribution is 5.77. The Bertz CT molecular complexity index is 565. The molecule has 4 rings (SSSR count). The van der Waals surface area contributed by atoms with Crippen LogP contribution in [-0.2, 0) is 4.74 Å². The third-order valence-electron chi connectivity index (χ3n) is 4.61. The molecule has 0 aromatic heterocycles. The van der Waals surface area contributed by atoms with Crippen LogP contribution >= 0.6 is 0 Å². The molecule has 2 aromatic carbocycles. The van der Waals surface area contributed by atoms with Crippen LogP contribution in [0.3, 0.4) is 0 Å². The predicted molar refractivity (Wildman–Crippen MR) is 77.3 cm³/mol. The molecule has 2 unspecified atom stereocenters. The topological polar surface area (TPSA) is 9.23 Å². The third-order valence-corrected chi connectivity index (χ3v) is 4.61. The van der Waals surface area contributed by atoms with Crippen molar-refractivity contribution in [1.82, 2.24) is 0 Å². The highest BCUT2D eigenvalue weighted by Crippen LogP contribution is 2.66. The summed E-state index contributed by atoms with van der Waals surface area (Å²) in [5.74, 6) is 2.03. The van der Waals surface area contributed by atoms with Crippen LogP contribution in [0.15, 0.2) is 48.5 Å². The van der Waals surface area contributed by atoms with Gasteiger partial charge in [-0.3, -0.25) is 0 Å². The molecule has 1 nitrogen and oxygen atoms in total. The largest absolute Gasteiger partial charge is 0.381 e. The Morgan fingerprint density at radius 3 is 1.89 bits per heavy atom. The molecule has 96 valence electrons. The van der Waals surface area contributed by atoms with Crippen LogP contribution in [0.4, 0.5) is 0 Å². The van der Waals surface area contributed by atoms with Crippen LogP contribution in [0.1, 0.15) is 29.9 Å². The minimum absolute atomic E-state index is 0.671. The molecule has 0 bridgehead atoms. The lowest BCUT2D eigenvalue weighted by Crippen LogP contribution is -1.98. The monoisotopic (exact) mass is 250 g/mol. The Balaban J connectivity index is 1.82. The lowest BCUT2D eigenvalue weighted by atomic mass is 9.86. The van der Waals surface area contributed by atoms with Gasteiger partial charge in [0.15, 0.2) is 0 Å². The van der Waals surface area contributed by atoms with Crippen molar-refractivity contribution in [3.63, 3.8) is 0 Å². The van der Waals surface area contributed by atoms with Crippen molar-refractivity contribution in [2.45, 2.75) is 18.8 Å². The molecular weight excluding hydrogens is 232 g/mol. The highest BCUT2D eigenvalue weighted by atomic mass is 16.5. The van der Waals surface area contributed by atoms with Crippen LogP contribution in [0.2, 0.25) is 0 Å². The molecule has 0 saturated heterocycles. The first-order chi connectivity index (χ1) is 9.42. The van der Waals surface area contributed by atoms with Crippen molar-refractivity contribution in [3.05, 3.63) is 59.7 Å². The van der Waals surface area contributed by atoms with E-state index in [1.165, 1.54) is 22.3 Å². The molecule has 2 atom stereocenters. The van der Waals surface area contributed by atoms with E-state index in [1.54, 1.807) is 0 Å². The summed E-state index contributed by atoms with van der Waals surface area (Å²) in [5, 5.41) is 0. The van der Waals surface area contributed by atoms with Gasteiger partial charge in [-0.2, -0.15) is 0 Å². The first kappa shape index (κ1) is 11.2. The summed E-state index contributed by atoms with van der Waals surface area (Å²) >= 11 is 0. The molecule has 1 heteroatoms. The maximum atomic E-state index is 5.68. The number of ether oxygens (including phenoxy) is 1. The van der Waals surface area contributed by atoms with Crippen molar-refractivity contribution in [3.8, 4) is 11.1 Å². The third kappa shape index (κ3) is 1.58. The zero-order valence-electron chi connectivity index (χ0n) is 11.2. The fraction of sp³-hybridized carbons (Fsp3) is 0.333. The molecular formula is C18H18O. The minimum Gasteiger partial charge on any atom is -0.381 e. The van der Waals surface area contributed by atoms with Crippen molar-refractivity contribution in [2.75, 3.05) is 13.2 Å². The Labute approximate surface area is 114 Å². The van der Waals surface area contributed by atoms with Gasteiger partial charge < -0.3 is 4.74 Å². The van der Waals surface area contributed by atoms with Gasteiger partial charge in [-0.05, 0) is 46.9 Å². The zero-order chi connectivity index (χ0) is 12.8. The molecule has 0 radical (unpaired) electrons. The number of rotatable bonds is 3. The zero-order valence-corrected chi connectivity index (χ0v) is 11.2. The van der Waals surface area contributed by atoms with Crippen molar-refractivity contribution in [1.29, 1.82) is 0 Å². The van der Waals surface area contributed by atoms with Crippen LogP contribution in [0.5, 0.6) is 0 Å². The number of fused-ring (bicyclic) bond motifs is 6. The summed E-state index contributed by atoms with van der Waals surface area (Å²) in [5.41, 5.74) is 5.91. The molecule has 0 heterocycles. The van der Waals surface area contributed by atoms with Crippen molar-refractivity contribution in [2.24, 2.45) is 5.92 Å². The summed E-state index contributed by atoms with van der Waals surface area (Å²) in [6.07, 6.45) is 0. The molecule has 0 amide bonds. The molecule has 2 aliphatic carbocycles. The first-order valence-corrected chi connectivity index (χ1v) is 7.17. The van der Waals surface area contributed by atoms with Crippen LogP contribution in [0.25, 0.3) is 11.1 Å². The fourth-order valence-corrected chi connectivity index (χ4v) is 3.75. The normalized spacial score (nSPS) is 26.3. The SMILES string of the molecule is CCOCC1C2c3ccccc3-c3ccccc3C12. The Morgan fingerprint density at radius 2 is 1.37 bits per heavy atom. The van der Waals surface area contributed by atoms with Crippen LogP contribution < -0.4 is 0 Å². The summed E-state index contributed by atoms with van der Waals surface area (Å²) in [6.45, 7) is 3.79. The van der Waals surface area contributed by atoms with Gasteiger partial charge in [0.25, 0.3) is 0 Å². The number of hydrogen-bond acceptors (Lipinski definition) is 1. The molecule has 0 aliphatic heterocycles. The molecule has 19 heavy (non-hydrogen) atoms. The van der Waals surface area contributed by atoms with Crippen LogP contribution in [-0.4, -0.2) is 13.2 Å². The average molecular weight is 250 g/mol. The van der Waals surface area contributed by atoms with E-state index in [4.69, 9.17) is 4.74 Å². The Morgan fingerprint density at radius 1 is 0.842 bits per heavy atom. The van der Waals surface area contributed by atoms with Gasteiger partial charge in [-0.25, -0.2) is 0 Å². The second-order valence-electron chi connectivity index (χ2n) is 5.55. The predicted octanol–water partition coefficient (Wildman–Crippen LogP) is 4.20. The van der Waals surface area contributed by atoms with E-state index in [9.17, 15) is 0 Å². The quantitative estimate of drug-likeness (QED) is 0.793. The van der Waals surface area contributed by atoms with Gasteiger partial charge in [-0.1, -0.05) is 48.5 Å². The van der Waals surface area contributed by atoms with Gasteiger partial charge >= 0.3 is 0 Å². The maximum Gasteiger partial charge on any atom is 0.0506 e. The van der Waals surface area contributed by atoms with E-state index < -0.39 is 0 Å². The second kappa shape index (κ2) is 4.21. The lowest BCUT2D eigenvalue weighted by Gasteiger charge is -2.18. The molecule has 2 aromatic rings. The summed E-state index contributed by atoms with van der Waals surface area (Å²) in [7, 11) is 0. The van der Waals surface area contributed by atoms with E-state index in [0.29, 0.717) is 17.8 Å². The van der Waals surface area contributed by atoms with E-state index in [2.05, 4.69) is 55.5 Å². The highest BCUT2D eigenvalue weighted by Gasteiger charge is 2.55. The molecule has 0 spiro atoms. The van der Waals surface area contributed by atoms with Crippen LogP contribution in [0, 0.1) is 5.92 Å². The van der Waals surface area contributed by atoms with Gasteiger partial charge in [0.1, 0.15) is 0 Å². The van der Waals surface area contributed by atoms with Crippen molar-refractivity contribution < 1.29 is 4.74 Å². The smallest absolute Gasteiger partial charge is 0.0506 e. The summed E-state index contributed by atoms with van der Waals surface area (Å²) in [4.78, 5) is 0. The van der Waals surface area contributed by atoms with E-state index in [0.717, 1.165) is 13.2 Å². The summed E-state index contributed by atoms with van der Waals surface area (Å²) < 4.78 is 5.68. The molecule has 1 saturated carbocycles. The maximum absolute atomic E-state index is 5.68. The van der Waals surface area contributed by atoms with Gasteiger partial charge in [-0.15, -0.1) is 0 Å². The Kier molecular flexibility index (Phi) is 2.49. The molecule has 0 N–H and O–H groups in total. The van der Waals surface area contributed by atoms with E-state index >= 15 is 0 Å². The standard InChI is InChI=1S/C18H18O/c1-2-19-11-16-17-14-9-5-3-7-12(14)13-8-4-6-10-15(13)18(16)17/h3-10,16-18H,2,11H2,1H3. The van der Waals surface area contributed by atoms with Gasteiger partial charge in [0, 0.05) is 6.61 Å². The minimum atomic E-state index is 0.671. The fourth-order valence-electron chi connectivity index (χ4n) is 3.75.